The van der Waals surface area contributed by atoms with E-state index in [1.807, 2.05) is 66.9 Å². The largest absolute Gasteiger partial charge is 0.393 e. The van der Waals surface area contributed by atoms with Gasteiger partial charge in [-0.1, -0.05) is 84.8 Å². The van der Waals surface area contributed by atoms with Gasteiger partial charge in [0, 0.05) is 39.4 Å². The molecule has 2 bridgehead atoms. The van der Waals surface area contributed by atoms with Crippen molar-refractivity contribution in [2.45, 2.75) is 102 Å². The molecule has 0 saturated heterocycles. The second kappa shape index (κ2) is 17.3. The molecule has 3 aliphatic rings. The molecule has 1 aromatic heterocycles. The average molecular weight is 771 g/mol. The van der Waals surface area contributed by atoms with Crippen LogP contribution in [0.4, 0.5) is 9.18 Å². The number of hydrogen-bond donors (Lipinski definition) is 3. The topological polar surface area (TPSA) is 89.9 Å². The van der Waals surface area contributed by atoms with Crippen LogP contribution in [0.1, 0.15) is 109 Å². The number of aliphatic hydroxyl groups is 2. The second-order valence-electron chi connectivity index (χ2n) is 15.6. The minimum atomic E-state index is -1.29. The van der Waals surface area contributed by atoms with Gasteiger partial charge in [0.25, 0.3) is 0 Å². The lowest BCUT2D eigenvalue weighted by Crippen LogP contribution is -2.56. The highest BCUT2D eigenvalue weighted by Gasteiger charge is 2.57. The molecule has 7 rings (SSSR count). The van der Waals surface area contributed by atoms with Gasteiger partial charge in [-0.2, -0.15) is 0 Å². The molecule has 0 radical (unpaired) electrons. The molecule has 3 aliphatic carbocycles. The van der Waals surface area contributed by atoms with E-state index in [9.17, 15) is 24.2 Å². The Bertz CT molecular complexity index is 1930. The molecule has 6 nitrogen and oxygen atoms in total. The van der Waals surface area contributed by atoms with E-state index in [0.717, 1.165) is 28.0 Å². The fraction of sp³-hybridized carbons (Fsp3) is 0.422. The Morgan fingerprint density at radius 1 is 1.06 bits per heavy atom. The Kier molecular flexibility index (Phi) is 12.8. The number of carbonyl (C=O) groups excluding carboxylic acids is 2. The zero-order chi connectivity index (χ0) is 38.5. The van der Waals surface area contributed by atoms with Crippen LogP contribution in [-0.4, -0.2) is 51.7 Å². The van der Waals surface area contributed by atoms with Gasteiger partial charge in [0.2, 0.25) is 0 Å². The van der Waals surface area contributed by atoms with Crippen LogP contribution in [0.15, 0.2) is 95.9 Å². The molecule has 2 amide bonds. The minimum absolute atomic E-state index is 0.125. The molecule has 1 fully saturated rings. The van der Waals surface area contributed by atoms with Gasteiger partial charge in [-0.15, -0.1) is 11.3 Å². The maximum atomic E-state index is 15.0. The number of hydrogen-bond acceptors (Lipinski definition) is 5. The van der Waals surface area contributed by atoms with Crippen LogP contribution in [0, 0.1) is 11.2 Å². The summed E-state index contributed by atoms with van der Waals surface area (Å²) in [7, 11) is 0. The SMILES string of the molecule is CC1=CCCC2(C)C(CCC2(O)CN(CCc2cccs2)C(=O)NC(C)c2ccccc2)c2ccc(cc2C(=O)Cc2c(F)cccc2Cl)CC(O)CC1. The lowest BCUT2D eigenvalue weighted by atomic mass is 9.64. The van der Waals surface area contributed by atoms with Crippen LogP contribution in [0.5, 0.6) is 0 Å². The molecule has 0 aliphatic heterocycles. The smallest absolute Gasteiger partial charge is 0.317 e. The molecule has 3 aromatic carbocycles. The number of ketones is 1. The molecule has 5 atom stereocenters. The summed E-state index contributed by atoms with van der Waals surface area (Å²) < 4.78 is 15.0. The van der Waals surface area contributed by atoms with Gasteiger partial charge >= 0.3 is 6.03 Å². The maximum Gasteiger partial charge on any atom is 0.317 e. The van der Waals surface area contributed by atoms with Crippen LogP contribution in [0.2, 0.25) is 5.02 Å². The predicted molar refractivity (Wildman–Crippen MR) is 216 cm³/mol. The maximum absolute atomic E-state index is 15.0. The number of allylic oxidation sites excluding steroid dienone is 2. The summed E-state index contributed by atoms with van der Waals surface area (Å²) in [5.41, 5.74) is 2.39. The van der Waals surface area contributed by atoms with Crippen molar-refractivity contribution in [1.82, 2.24) is 10.2 Å². The number of amides is 2. The lowest BCUT2D eigenvalue weighted by Gasteiger charge is -2.46. The van der Waals surface area contributed by atoms with Crippen molar-refractivity contribution in [2.24, 2.45) is 5.41 Å². The van der Waals surface area contributed by atoms with E-state index in [-0.39, 0.29) is 47.3 Å². The zero-order valence-corrected chi connectivity index (χ0v) is 33.1. The van der Waals surface area contributed by atoms with Crippen LogP contribution in [0.3, 0.4) is 0 Å². The Hall–Kier alpha value is -3.82. The van der Waals surface area contributed by atoms with E-state index in [2.05, 4.69) is 31.3 Å². The van der Waals surface area contributed by atoms with Crippen molar-refractivity contribution >= 4 is 34.8 Å². The summed E-state index contributed by atoms with van der Waals surface area (Å²) in [6.45, 7) is 6.72. The van der Waals surface area contributed by atoms with Gasteiger partial charge in [0.15, 0.2) is 5.78 Å². The number of halogens is 2. The summed E-state index contributed by atoms with van der Waals surface area (Å²) in [6.07, 6.45) is 6.11. The molecule has 9 heteroatoms. The van der Waals surface area contributed by atoms with E-state index >= 15 is 0 Å². The first kappa shape index (κ1) is 39.9. The third-order valence-electron chi connectivity index (χ3n) is 12.0. The van der Waals surface area contributed by atoms with Crippen LogP contribution in [0.25, 0.3) is 0 Å². The van der Waals surface area contributed by atoms with Gasteiger partial charge < -0.3 is 20.4 Å². The molecular weight excluding hydrogens is 719 g/mol. The van der Waals surface area contributed by atoms with Crippen molar-refractivity contribution in [3.63, 3.8) is 0 Å². The molecule has 5 unspecified atom stereocenters. The fourth-order valence-electron chi connectivity index (χ4n) is 8.57. The number of aliphatic hydroxyl groups excluding tert-OH is 1. The molecule has 286 valence electrons. The fourth-order valence-corrected chi connectivity index (χ4v) is 9.50. The molecule has 4 aromatic rings. The van der Waals surface area contributed by atoms with Gasteiger partial charge in [-0.25, -0.2) is 9.18 Å². The molecule has 3 N–H and O–H groups in total. The number of nitrogens with zero attached hydrogens (tertiary/aromatic N) is 1. The number of rotatable bonds is 10. The van der Waals surface area contributed by atoms with E-state index in [1.165, 1.54) is 17.7 Å². The molecule has 1 heterocycles. The van der Waals surface area contributed by atoms with Crippen molar-refractivity contribution in [3.05, 3.63) is 139 Å². The summed E-state index contributed by atoms with van der Waals surface area (Å²) in [6, 6.07) is 23.7. The highest BCUT2D eigenvalue weighted by Crippen LogP contribution is 2.59. The van der Waals surface area contributed by atoms with Gasteiger partial charge in [-0.3, -0.25) is 4.79 Å². The number of urea groups is 1. The summed E-state index contributed by atoms with van der Waals surface area (Å²) >= 11 is 8.05. The number of benzene rings is 3. The number of fused-ring (bicyclic) bond motifs is 8. The van der Waals surface area contributed by atoms with Crippen LogP contribution in [-0.2, 0) is 19.3 Å². The monoisotopic (exact) mass is 770 g/mol. The van der Waals surface area contributed by atoms with E-state index in [4.69, 9.17) is 11.6 Å². The quantitative estimate of drug-likeness (QED) is 0.111. The highest BCUT2D eigenvalue weighted by atomic mass is 35.5. The van der Waals surface area contributed by atoms with E-state index < -0.39 is 22.9 Å². The van der Waals surface area contributed by atoms with E-state index in [0.29, 0.717) is 57.1 Å². The second-order valence-corrected chi connectivity index (χ2v) is 17.0. The molecule has 0 spiro atoms. The lowest BCUT2D eigenvalue weighted by molar-refractivity contribution is -0.0769. The first-order valence-corrected chi connectivity index (χ1v) is 20.4. The van der Waals surface area contributed by atoms with Gasteiger partial charge in [-0.05, 0) is 117 Å². The van der Waals surface area contributed by atoms with Crippen molar-refractivity contribution in [1.29, 1.82) is 0 Å². The van der Waals surface area contributed by atoms with Crippen LogP contribution >= 0.6 is 22.9 Å². The first-order chi connectivity index (χ1) is 25.9. The third kappa shape index (κ3) is 9.00. The average Bonchev–Trinajstić information content (AvgIpc) is 3.76. The van der Waals surface area contributed by atoms with Crippen molar-refractivity contribution < 1.29 is 24.2 Å². The number of thiophene rings is 1. The standard InChI is InChI=1S/C45H52ClFN2O4S/c1-30-10-8-22-44(3)39(36-19-17-32(26-34(50)18-16-30)27-37(36)42(51)28-38-40(46)14-7-15-41(38)47)20-23-45(44,53)29-49(24-21-35-13-9-25-54-35)43(52)48-31(2)33-11-5-4-6-12-33/h4-7,9-15,17,19,25,27,31,34,39,50,53H,8,16,18,20-24,26,28-29H2,1-3H3,(H,48,52). The molecular formula is C45H52ClFN2O4S. The Balaban J connectivity index is 1.38. The Morgan fingerprint density at radius 3 is 2.59 bits per heavy atom. The Labute approximate surface area is 328 Å². The van der Waals surface area contributed by atoms with E-state index in [1.54, 1.807) is 22.3 Å². The normalized spacial score (nSPS) is 23.6. The summed E-state index contributed by atoms with van der Waals surface area (Å²) in [5.74, 6) is -1.03. The summed E-state index contributed by atoms with van der Waals surface area (Å²) in [4.78, 5) is 31.4. The number of Topliss-reactive ketones (excluding diaryl/α,β-unsaturated/α-hetero) is 1. The predicted octanol–water partition coefficient (Wildman–Crippen LogP) is 10.0. The Morgan fingerprint density at radius 2 is 1.85 bits per heavy atom. The van der Waals surface area contributed by atoms with Gasteiger partial charge in [0.05, 0.1) is 24.3 Å². The third-order valence-corrected chi connectivity index (χ3v) is 13.2. The van der Waals surface area contributed by atoms with Crippen molar-refractivity contribution in [2.75, 3.05) is 13.1 Å². The van der Waals surface area contributed by atoms with Gasteiger partial charge in [0.1, 0.15) is 5.82 Å². The zero-order valence-electron chi connectivity index (χ0n) is 31.5. The number of nitrogens with one attached hydrogen (secondary N) is 1. The van der Waals surface area contributed by atoms with Crippen molar-refractivity contribution in [3.8, 4) is 0 Å². The highest BCUT2D eigenvalue weighted by molar-refractivity contribution is 7.09. The summed E-state index contributed by atoms with van der Waals surface area (Å²) in [5, 5.41) is 29.4. The van der Waals surface area contributed by atoms with Crippen LogP contribution < -0.4 is 5.32 Å². The minimum Gasteiger partial charge on any atom is -0.393 e. The number of carbonyl (C=O) groups is 2. The first-order valence-electron chi connectivity index (χ1n) is 19.1. The molecule has 54 heavy (non-hydrogen) atoms. The molecule has 1 saturated carbocycles.